The molecule has 14 nitrogen and oxygen atoms in total. The van der Waals surface area contributed by atoms with Crippen LogP contribution in [0, 0.1) is 0 Å². The highest BCUT2D eigenvalue weighted by atomic mass is 16.6. The van der Waals surface area contributed by atoms with Gasteiger partial charge in [0.25, 0.3) is 5.91 Å². The van der Waals surface area contributed by atoms with Crippen LogP contribution >= 0.6 is 0 Å². The second kappa shape index (κ2) is 19.3. The van der Waals surface area contributed by atoms with Crippen molar-refractivity contribution in [2.45, 2.75) is 82.3 Å². The number of aliphatic carboxylic acids is 1. The van der Waals surface area contributed by atoms with Gasteiger partial charge >= 0.3 is 18.0 Å². The number of carboxylic acids is 1. The standard InChI is InChI=1S/C38H48N4O10/c1-37(2,3)52-36(48)41-38(49,25-28-18-12-7-13-19-28)20-21-39-29(22-26-14-8-5-9-15-26)34(46)42(50)31(24-32(43)44)33(45)40-30(35(47)51-4)23-27-16-10-6-11-17-27/h5-19,29-31,39,49-50H,20-25H2,1-4H3,(H,40,45)(H,41,48)(H,43,44)/t29-,30-,31-,38+/m0/s1. The Morgan fingerprint density at radius 2 is 1.29 bits per heavy atom. The third kappa shape index (κ3) is 13.8. The summed E-state index contributed by atoms with van der Waals surface area (Å²) in [4.78, 5) is 64.6. The highest BCUT2D eigenvalue weighted by molar-refractivity contribution is 5.93. The quantitative estimate of drug-likeness (QED) is 0.0488. The maximum atomic E-state index is 13.9. The van der Waals surface area contributed by atoms with Crippen molar-refractivity contribution in [3.63, 3.8) is 0 Å². The number of aliphatic hydroxyl groups is 1. The van der Waals surface area contributed by atoms with E-state index in [1.165, 1.54) is 0 Å². The van der Waals surface area contributed by atoms with E-state index >= 15 is 0 Å². The first-order chi connectivity index (χ1) is 24.6. The van der Waals surface area contributed by atoms with Crippen LogP contribution < -0.4 is 16.0 Å². The van der Waals surface area contributed by atoms with Gasteiger partial charge in [0.05, 0.1) is 19.6 Å². The van der Waals surface area contributed by atoms with E-state index in [1.54, 1.807) is 106 Å². The largest absolute Gasteiger partial charge is 0.481 e. The predicted molar refractivity (Wildman–Crippen MR) is 190 cm³/mol. The zero-order chi connectivity index (χ0) is 38.3. The molecule has 6 N–H and O–H groups in total. The van der Waals surface area contributed by atoms with Crippen molar-refractivity contribution in [2.24, 2.45) is 0 Å². The van der Waals surface area contributed by atoms with Gasteiger partial charge in [0.15, 0.2) is 0 Å². The van der Waals surface area contributed by atoms with Gasteiger partial charge in [-0.05, 0) is 43.9 Å². The van der Waals surface area contributed by atoms with E-state index in [9.17, 15) is 39.4 Å². The summed E-state index contributed by atoms with van der Waals surface area (Å²) in [5, 5.41) is 40.5. The molecule has 0 aromatic heterocycles. The Morgan fingerprint density at radius 1 is 0.788 bits per heavy atom. The normalized spacial score (nSPS) is 14.1. The highest BCUT2D eigenvalue weighted by Gasteiger charge is 2.38. The van der Waals surface area contributed by atoms with Gasteiger partial charge in [-0.15, -0.1) is 0 Å². The third-order valence-corrected chi connectivity index (χ3v) is 7.86. The van der Waals surface area contributed by atoms with Crippen LogP contribution in [0.1, 0.15) is 50.3 Å². The van der Waals surface area contributed by atoms with Crippen LogP contribution in [0.2, 0.25) is 0 Å². The number of carboxylic acid groups (broad SMARTS) is 1. The van der Waals surface area contributed by atoms with Crippen molar-refractivity contribution in [1.29, 1.82) is 0 Å². The first kappa shape index (κ1) is 41.1. The van der Waals surface area contributed by atoms with Gasteiger partial charge in [-0.3, -0.25) is 24.9 Å². The molecule has 4 atom stereocenters. The second-order valence-corrected chi connectivity index (χ2v) is 13.3. The molecule has 0 heterocycles. The molecular weight excluding hydrogens is 672 g/mol. The number of hydrogen-bond acceptors (Lipinski definition) is 10. The Labute approximate surface area is 303 Å². The van der Waals surface area contributed by atoms with Crippen LogP contribution in [0.15, 0.2) is 91.0 Å². The number of esters is 1. The van der Waals surface area contributed by atoms with Crippen molar-refractivity contribution in [3.8, 4) is 0 Å². The van der Waals surface area contributed by atoms with Gasteiger partial charge in [-0.1, -0.05) is 91.0 Å². The lowest BCUT2D eigenvalue weighted by molar-refractivity contribution is -0.184. The van der Waals surface area contributed by atoms with Crippen molar-refractivity contribution in [3.05, 3.63) is 108 Å². The van der Waals surface area contributed by atoms with E-state index in [0.29, 0.717) is 16.7 Å². The Kier molecular flexibility index (Phi) is 15.3. The van der Waals surface area contributed by atoms with Crippen LogP contribution in [-0.2, 0) is 47.9 Å². The average molecular weight is 721 g/mol. The number of carbonyl (C=O) groups is 5. The summed E-state index contributed by atoms with van der Waals surface area (Å²) in [5.41, 5.74) is -0.639. The highest BCUT2D eigenvalue weighted by Crippen LogP contribution is 2.18. The van der Waals surface area contributed by atoms with E-state index in [-0.39, 0.29) is 37.3 Å². The van der Waals surface area contributed by atoms with Crippen LogP contribution in [0.25, 0.3) is 0 Å². The maximum absolute atomic E-state index is 13.9. The molecule has 52 heavy (non-hydrogen) atoms. The van der Waals surface area contributed by atoms with Crippen molar-refractivity contribution in [1.82, 2.24) is 21.0 Å². The number of benzene rings is 3. The van der Waals surface area contributed by atoms with E-state index < -0.39 is 65.7 Å². The first-order valence-electron chi connectivity index (χ1n) is 16.8. The molecule has 14 heteroatoms. The summed E-state index contributed by atoms with van der Waals surface area (Å²) in [5.74, 6) is -4.44. The molecule has 0 fully saturated rings. The van der Waals surface area contributed by atoms with E-state index in [2.05, 4.69) is 16.0 Å². The number of amides is 3. The second-order valence-electron chi connectivity index (χ2n) is 13.3. The minimum atomic E-state index is -1.93. The Balaban J connectivity index is 1.85. The summed E-state index contributed by atoms with van der Waals surface area (Å²) in [6.07, 6.45) is -1.99. The molecule has 0 aliphatic heterocycles. The molecule has 0 spiro atoms. The molecule has 3 aromatic rings. The molecule has 0 saturated heterocycles. The molecule has 0 aliphatic rings. The van der Waals surface area contributed by atoms with Crippen LogP contribution in [0.3, 0.4) is 0 Å². The molecule has 3 rings (SSSR count). The summed E-state index contributed by atoms with van der Waals surface area (Å²) in [6.45, 7) is 4.96. The monoisotopic (exact) mass is 720 g/mol. The molecular formula is C38H48N4O10. The van der Waals surface area contributed by atoms with Crippen molar-refractivity contribution >= 4 is 29.8 Å². The number of ether oxygens (including phenoxy) is 2. The summed E-state index contributed by atoms with van der Waals surface area (Å²) >= 11 is 0. The Bertz CT molecular complexity index is 1620. The molecule has 0 radical (unpaired) electrons. The number of alkyl carbamates (subject to hydrolysis) is 1. The van der Waals surface area contributed by atoms with E-state index in [4.69, 9.17) is 9.47 Å². The number of hydrogen-bond donors (Lipinski definition) is 6. The molecule has 0 bridgehead atoms. The SMILES string of the molecule is COC(=O)[C@H](Cc1ccccc1)NC(=O)[C@H](CC(=O)O)N(O)C(=O)[C@H](Cc1ccccc1)NCC[C@@](O)(Cc1ccccc1)NC(=O)OC(C)(C)C. The Hall–Kier alpha value is -5.31. The number of nitrogens with zero attached hydrogens (tertiary/aromatic N) is 1. The van der Waals surface area contributed by atoms with Crippen LogP contribution in [-0.4, -0.2) is 93.4 Å². The predicted octanol–water partition coefficient (Wildman–Crippen LogP) is 3.00. The molecule has 280 valence electrons. The summed E-state index contributed by atoms with van der Waals surface area (Å²) in [6, 6.07) is 22.0. The molecule has 3 aromatic carbocycles. The number of hydroxylamine groups is 2. The Morgan fingerprint density at radius 3 is 1.77 bits per heavy atom. The smallest absolute Gasteiger partial charge is 0.409 e. The summed E-state index contributed by atoms with van der Waals surface area (Å²) < 4.78 is 10.2. The van der Waals surface area contributed by atoms with Crippen LogP contribution in [0.4, 0.5) is 4.79 Å². The van der Waals surface area contributed by atoms with E-state index in [0.717, 1.165) is 7.11 Å². The first-order valence-corrected chi connectivity index (χ1v) is 16.8. The maximum Gasteiger partial charge on any atom is 0.409 e. The zero-order valence-electron chi connectivity index (χ0n) is 29.8. The van der Waals surface area contributed by atoms with Gasteiger partial charge in [-0.25, -0.2) is 14.7 Å². The van der Waals surface area contributed by atoms with Gasteiger partial charge < -0.3 is 30.3 Å². The van der Waals surface area contributed by atoms with Gasteiger partial charge in [0, 0.05) is 25.8 Å². The fourth-order valence-corrected chi connectivity index (χ4v) is 5.39. The average Bonchev–Trinajstić information content (AvgIpc) is 3.09. The minimum absolute atomic E-state index is 0.000169. The van der Waals surface area contributed by atoms with Crippen molar-refractivity contribution < 1.29 is 48.9 Å². The van der Waals surface area contributed by atoms with E-state index in [1.807, 2.05) is 6.07 Å². The molecule has 0 aliphatic carbocycles. The fourth-order valence-electron chi connectivity index (χ4n) is 5.39. The lowest BCUT2D eigenvalue weighted by atomic mass is 9.98. The molecule has 0 saturated carbocycles. The number of methoxy groups -OCH3 is 1. The number of rotatable bonds is 18. The molecule has 3 amide bonds. The zero-order valence-corrected chi connectivity index (χ0v) is 29.8. The van der Waals surface area contributed by atoms with Gasteiger partial charge in [-0.2, -0.15) is 0 Å². The fraction of sp³-hybridized carbons (Fsp3) is 0.395. The van der Waals surface area contributed by atoms with Gasteiger partial charge in [0.1, 0.15) is 23.4 Å². The number of nitrogens with one attached hydrogen (secondary N) is 3. The molecule has 0 unspecified atom stereocenters. The lowest BCUT2D eigenvalue weighted by Gasteiger charge is -2.32. The lowest BCUT2D eigenvalue weighted by Crippen LogP contribution is -2.58. The number of carbonyl (C=O) groups excluding carboxylic acids is 4. The minimum Gasteiger partial charge on any atom is -0.481 e. The van der Waals surface area contributed by atoms with Crippen molar-refractivity contribution in [2.75, 3.05) is 13.7 Å². The topological polar surface area (TPSA) is 204 Å². The summed E-state index contributed by atoms with van der Waals surface area (Å²) in [7, 11) is 1.13. The van der Waals surface area contributed by atoms with Crippen LogP contribution in [0.5, 0.6) is 0 Å². The van der Waals surface area contributed by atoms with Gasteiger partial charge in [0.2, 0.25) is 5.91 Å². The third-order valence-electron chi connectivity index (χ3n) is 7.86.